The lowest BCUT2D eigenvalue weighted by Gasteiger charge is -2.27. The van der Waals surface area contributed by atoms with E-state index in [1.54, 1.807) is 0 Å². The van der Waals surface area contributed by atoms with Crippen molar-refractivity contribution < 1.29 is 0 Å². The van der Waals surface area contributed by atoms with Gasteiger partial charge in [0.05, 0.1) is 11.0 Å². The van der Waals surface area contributed by atoms with Crippen LogP contribution in [0.1, 0.15) is 0 Å². The van der Waals surface area contributed by atoms with Crippen LogP contribution in [0.2, 0.25) is 0 Å². The van der Waals surface area contributed by atoms with Crippen molar-refractivity contribution in [3.05, 3.63) is 218 Å². The maximum Gasteiger partial charge on any atom is 0.0625 e. The first-order chi connectivity index (χ1) is 26.8. The predicted molar refractivity (Wildman–Crippen MR) is 229 cm³/mol. The zero-order valence-electron chi connectivity index (χ0n) is 29.7. The van der Waals surface area contributed by atoms with Gasteiger partial charge < -0.3 is 9.47 Å². The van der Waals surface area contributed by atoms with E-state index in [-0.39, 0.29) is 0 Å². The Kier molecular flexibility index (Phi) is 7.85. The highest BCUT2D eigenvalue weighted by Crippen LogP contribution is 2.45. The Morgan fingerprint density at radius 3 is 1.41 bits per heavy atom. The van der Waals surface area contributed by atoms with Crippen LogP contribution in [0.4, 0.5) is 17.1 Å². The van der Waals surface area contributed by atoms with Crippen LogP contribution in [0.5, 0.6) is 0 Å². The van der Waals surface area contributed by atoms with Gasteiger partial charge in [0, 0.05) is 38.9 Å². The van der Waals surface area contributed by atoms with Crippen molar-refractivity contribution >= 4 is 49.6 Å². The highest BCUT2D eigenvalue weighted by Gasteiger charge is 2.21. The van der Waals surface area contributed by atoms with Gasteiger partial charge in [-0.3, -0.25) is 0 Å². The van der Waals surface area contributed by atoms with Gasteiger partial charge >= 0.3 is 0 Å². The van der Waals surface area contributed by atoms with Crippen molar-refractivity contribution in [1.82, 2.24) is 4.57 Å². The molecule has 0 unspecified atom stereocenters. The number of benzene rings is 9. The van der Waals surface area contributed by atoms with E-state index >= 15 is 0 Å². The molecule has 0 aliphatic carbocycles. The van der Waals surface area contributed by atoms with Crippen molar-refractivity contribution in [3.8, 4) is 39.1 Å². The Morgan fingerprint density at radius 2 is 0.796 bits per heavy atom. The molecule has 2 heteroatoms. The van der Waals surface area contributed by atoms with Gasteiger partial charge in [0.15, 0.2) is 0 Å². The molecule has 10 aromatic rings. The largest absolute Gasteiger partial charge is 0.310 e. The van der Waals surface area contributed by atoms with E-state index in [0.29, 0.717) is 0 Å². The molecule has 1 aromatic heterocycles. The second kappa shape index (κ2) is 13.4. The molecular weight excluding hydrogens is 653 g/mol. The summed E-state index contributed by atoms with van der Waals surface area (Å²) in [6.07, 6.45) is 0. The summed E-state index contributed by atoms with van der Waals surface area (Å²) in [6, 6.07) is 78.9. The summed E-state index contributed by atoms with van der Waals surface area (Å²) in [6.45, 7) is 0. The molecule has 9 aromatic carbocycles. The fourth-order valence-corrected chi connectivity index (χ4v) is 8.08. The van der Waals surface area contributed by atoms with Gasteiger partial charge in [0.2, 0.25) is 0 Å². The molecule has 0 fully saturated rings. The second-order valence-corrected chi connectivity index (χ2v) is 13.8. The molecule has 0 bridgehead atoms. The molecule has 1 heterocycles. The fourth-order valence-electron chi connectivity index (χ4n) is 8.08. The van der Waals surface area contributed by atoms with Crippen LogP contribution in [0.3, 0.4) is 0 Å². The Balaban J connectivity index is 1.22. The van der Waals surface area contributed by atoms with E-state index in [4.69, 9.17) is 0 Å². The minimum atomic E-state index is 1.09. The lowest BCUT2D eigenvalue weighted by atomic mass is 9.94. The Hall–Kier alpha value is -7.16. The third kappa shape index (κ3) is 5.53. The van der Waals surface area contributed by atoms with E-state index in [1.165, 1.54) is 66.0 Å². The average molecular weight is 689 g/mol. The summed E-state index contributed by atoms with van der Waals surface area (Å²) in [5, 5.41) is 4.96. The number of hydrogen-bond acceptors (Lipinski definition) is 1. The summed E-state index contributed by atoms with van der Waals surface area (Å²) in [5.41, 5.74) is 14.0. The van der Waals surface area contributed by atoms with Gasteiger partial charge in [-0.1, -0.05) is 158 Å². The number of nitrogens with zero attached hydrogens (tertiary/aromatic N) is 2. The SMILES string of the molecule is c1ccc(-c2cccc(N(c3cccc(-c4ccccc4)c3)c3cccc(-c4cc5ccccc5c5c4c4ccccc4n5-c4ccccc4)c3)c2)cc1. The van der Waals surface area contributed by atoms with Gasteiger partial charge in [-0.05, 0) is 99.4 Å². The predicted octanol–water partition coefficient (Wildman–Crippen LogP) is 14.4. The van der Waals surface area contributed by atoms with Gasteiger partial charge in [0.25, 0.3) is 0 Å². The van der Waals surface area contributed by atoms with E-state index in [1.807, 2.05) is 0 Å². The third-order valence-electron chi connectivity index (χ3n) is 10.5. The number of aromatic nitrogens is 1. The van der Waals surface area contributed by atoms with Crippen molar-refractivity contribution in [1.29, 1.82) is 0 Å². The molecule has 0 radical (unpaired) electrons. The van der Waals surface area contributed by atoms with Crippen molar-refractivity contribution in [3.63, 3.8) is 0 Å². The van der Waals surface area contributed by atoms with Gasteiger partial charge in [-0.2, -0.15) is 0 Å². The molecule has 2 nitrogen and oxygen atoms in total. The van der Waals surface area contributed by atoms with Gasteiger partial charge in [-0.15, -0.1) is 0 Å². The lowest BCUT2D eigenvalue weighted by Crippen LogP contribution is -2.10. The Bertz CT molecular complexity index is 2840. The van der Waals surface area contributed by atoms with E-state index < -0.39 is 0 Å². The zero-order valence-corrected chi connectivity index (χ0v) is 29.7. The molecule has 0 atom stereocenters. The topological polar surface area (TPSA) is 8.17 Å². The summed E-state index contributed by atoms with van der Waals surface area (Å²) in [4.78, 5) is 2.40. The molecular formula is C52H36N2. The molecule has 0 spiro atoms. The molecule has 0 amide bonds. The smallest absolute Gasteiger partial charge is 0.0625 e. The minimum Gasteiger partial charge on any atom is -0.310 e. The van der Waals surface area contributed by atoms with Crippen LogP contribution in [0.25, 0.3) is 71.6 Å². The first kappa shape index (κ1) is 31.6. The van der Waals surface area contributed by atoms with Crippen LogP contribution >= 0.6 is 0 Å². The standard InChI is InChI=1S/C52H36N2/c1-4-17-37(18-5-1)39-22-14-27-44(33-39)53(45-28-15-23-40(34-45)38-19-6-2-7-20-38)46-29-16-24-41(35-46)49-36-42-21-10-11-30-47(42)52-51(49)48-31-12-13-32-50(48)54(52)43-25-8-3-9-26-43/h1-36H. The number of rotatable bonds is 7. The van der Waals surface area contributed by atoms with Crippen LogP contribution in [-0.4, -0.2) is 4.57 Å². The Labute approximate surface area is 315 Å². The van der Waals surface area contributed by atoms with Crippen LogP contribution in [-0.2, 0) is 0 Å². The highest BCUT2D eigenvalue weighted by atomic mass is 15.1. The Morgan fingerprint density at radius 1 is 0.333 bits per heavy atom. The first-order valence-electron chi connectivity index (χ1n) is 18.5. The molecule has 0 N–H and O–H groups in total. The molecule has 0 saturated carbocycles. The minimum absolute atomic E-state index is 1.09. The van der Waals surface area contributed by atoms with Crippen molar-refractivity contribution in [2.75, 3.05) is 4.90 Å². The number of hydrogen-bond donors (Lipinski definition) is 0. The molecule has 0 aliphatic rings. The van der Waals surface area contributed by atoms with E-state index in [9.17, 15) is 0 Å². The summed E-state index contributed by atoms with van der Waals surface area (Å²) < 4.78 is 2.44. The van der Waals surface area contributed by atoms with Gasteiger partial charge in [-0.25, -0.2) is 0 Å². The normalized spacial score (nSPS) is 11.3. The van der Waals surface area contributed by atoms with Crippen LogP contribution in [0, 0.1) is 0 Å². The van der Waals surface area contributed by atoms with Crippen molar-refractivity contribution in [2.45, 2.75) is 0 Å². The molecule has 254 valence electrons. The van der Waals surface area contributed by atoms with E-state index in [2.05, 4.69) is 228 Å². The fraction of sp³-hybridized carbons (Fsp3) is 0. The first-order valence-corrected chi connectivity index (χ1v) is 18.5. The molecule has 0 aliphatic heterocycles. The van der Waals surface area contributed by atoms with Crippen molar-refractivity contribution in [2.24, 2.45) is 0 Å². The van der Waals surface area contributed by atoms with Gasteiger partial charge in [0.1, 0.15) is 0 Å². The maximum atomic E-state index is 2.44. The third-order valence-corrected chi connectivity index (χ3v) is 10.5. The molecule has 0 saturated heterocycles. The quantitative estimate of drug-likeness (QED) is 0.162. The summed E-state index contributed by atoms with van der Waals surface area (Å²) in [7, 11) is 0. The molecule has 10 rings (SSSR count). The monoisotopic (exact) mass is 688 g/mol. The summed E-state index contributed by atoms with van der Waals surface area (Å²) in [5.74, 6) is 0. The summed E-state index contributed by atoms with van der Waals surface area (Å²) >= 11 is 0. The zero-order chi connectivity index (χ0) is 35.8. The van der Waals surface area contributed by atoms with Crippen LogP contribution < -0.4 is 4.90 Å². The molecule has 54 heavy (non-hydrogen) atoms. The lowest BCUT2D eigenvalue weighted by molar-refractivity contribution is 1.19. The highest BCUT2D eigenvalue weighted by molar-refractivity contribution is 6.24. The number of fused-ring (bicyclic) bond motifs is 5. The maximum absolute atomic E-state index is 2.44. The number of anilines is 3. The van der Waals surface area contributed by atoms with E-state index in [0.717, 1.165) is 22.7 Å². The number of para-hydroxylation sites is 2. The second-order valence-electron chi connectivity index (χ2n) is 13.8. The van der Waals surface area contributed by atoms with Crippen LogP contribution in [0.15, 0.2) is 218 Å². The average Bonchev–Trinajstić information content (AvgIpc) is 3.60.